The third-order valence-corrected chi connectivity index (χ3v) is 4.71. The summed E-state index contributed by atoms with van der Waals surface area (Å²) < 4.78 is 0. The van der Waals surface area contributed by atoms with E-state index in [4.69, 9.17) is 0 Å². The molecular weight excluding hydrogens is 246 g/mol. The van der Waals surface area contributed by atoms with Crippen molar-refractivity contribution >= 4 is 0 Å². The maximum absolute atomic E-state index is 9.63. The van der Waals surface area contributed by atoms with Crippen molar-refractivity contribution in [1.29, 1.82) is 5.26 Å². The topological polar surface area (TPSA) is 39.1 Å². The van der Waals surface area contributed by atoms with E-state index >= 15 is 0 Å². The van der Waals surface area contributed by atoms with Crippen LogP contribution in [0.25, 0.3) is 0 Å². The van der Waals surface area contributed by atoms with Crippen LogP contribution in [0.5, 0.6) is 0 Å². The molecule has 0 aliphatic heterocycles. The SMILES string of the molecule is CCCCCN(C)CCC1CCCC1(C#N)NCCC. The molecular formula is C17H33N3. The summed E-state index contributed by atoms with van der Waals surface area (Å²) >= 11 is 0. The van der Waals surface area contributed by atoms with E-state index in [2.05, 4.69) is 37.2 Å². The molecule has 0 radical (unpaired) electrons. The van der Waals surface area contributed by atoms with Crippen LogP contribution in [0, 0.1) is 17.2 Å². The maximum Gasteiger partial charge on any atom is 0.109 e. The fourth-order valence-electron chi connectivity index (χ4n) is 3.36. The smallest absolute Gasteiger partial charge is 0.109 e. The van der Waals surface area contributed by atoms with Gasteiger partial charge in [0.25, 0.3) is 0 Å². The third kappa shape index (κ3) is 5.07. The van der Waals surface area contributed by atoms with Gasteiger partial charge in [0.05, 0.1) is 6.07 Å². The van der Waals surface area contributed by atoms with E-state index in [1.807, 2.05) is 0 Å². The fourth-order valence-corrected chi connectivity index (χ4v) is 3.36. The van der Waals surface area contributed by atoms with Gasteiger partial charge in [-0.2, -0.15) is 5.26 Å². The lowest BCUT2D eigenvalue weighted by Crippen LogP contribution is -2.48. The van der Waals surface area contributed by atoms with E-state index in [-0.39, 0.29) is 5.54 Å². The van der Waals surface area contributed by atoms with Gasteiger partial charge in [0.1, 0.15) is 5.54 Å². The average Bonchev–Trinajstić information content (AvgIpc) is 2.86. The summed E-state index contributed by atoms with van der Waals surface area (Å²) in [5.74, 6) is 0.535. The summed E-state index contributed by atoms with van der Waals surface area (Å²) in [6, 6.07) is 2.61. The molecule has 2 atom stereocenters. The highest BCUT2D eigenvalue weighted by Crippen LogP contribution is 2.37. The van der Waals surface area contributed by atoms with Gasteiger partial charge in [0.2, 0.25) is 0 Å². The molecule has 0 heterocycles. The van der Waals surface area contributed by atoms with Crippen molar-refractivity contribution in [3.63, 3.8) is 0 Å². The van der Waals surface area contributed by atoms with Gasteiger partial charge in [0.15, 0.2) is 0 Å². The third-order valence-electron chi connectivity index (χ3n) is 4.71. The van der Waals surface area contributed by atoms with Gasteiger partial charge in [-0.05, 0) is 64.7 Å². The van der Waals surface area contributed by atoms with Crippen molar-refractivity contribution in [3.8, 4) is 6.07 Å². The molecule has 116 valence electrons. The van der Waals surface area contributed by atoms with E-state index in [1.54, 1.807) is 0 Å². The standard InChI is InChI=1S/C17H33N3/c1-4-6-7-13-20(3)14-10-16-9-8-11-17(16,15-18)19-12-5-2/h16,19H,4-14H2,1-3H3. The van der Waals surface area contributed by atoms with Crippen LogP contribution in [0.1, 0.15) is 65.2 Å². The first-order valence-corrected chi connectivity index (χ1v) is 8.53. The molecule has 0 saturated heterocycles. The van der Waals surface area contributed by atoms with Crippen LogP contribution >= 0.6 is 0 Å². The second-order valence-electron chi connectivity index (χ2n) is 6.40. The predicted octanol–water partition coefficient (Wildman–Crippen LogP) is 3.56. The number of nitriles is 1. The van der Waals surface area contributed by atoms with Crippen LogP contribution in [-0.2, 0) is 0 Å². The number of rotatable bonds is 10. The Kier molecular flexibility index (Phi) is 8.18. The molecule has 2 unspecified atom stereocenters. The zero-order valence-electron chi connectivity index (χ0n) is 13.7. The van der Waals surface area contributed by atoms with E-state index in [9.17, 15) is 5.26 Å². The molecule has 1 aliphatic rings. The highest BCUT2D eigenvalue weighted by Gasteiger charge is 2.42. The molecule has 0 amide bonds. The summed E-state index contributed by atoms with van der Waals surface area (Å²) in [7, 11) is 2.22. The monoisotopic (exact) mass is 279 g/mol. The minimum Gasteiger partial charge on any atom is -0.306 e. The van der Waals surface area contributed by atoms with E-state index in [1.165, 1.54) is 38.6 Å². The Hall–Kier alpha value is -0.590. The van der Waals surface area contributed by atoms with Crippen molar-refractivity contribution in [2.75, 3.05) is 26.7 Å². The molecule has 3 heteroatoms. The Morgan fingerprint density at radius 2 is 2.05 bits per heavy atom. The molecule has 3 nitrogen and oxygen atoms in total. The molecule has 0 spiro atoms. The zero-order chi connectivity index (χ0) is 14.8. The summed E-state index contributed by atoms with van der Waals surface area (Å²) in [5, 5.41) is 13.2. The summed E-state index contributed by atoms with van der Waals surface area (Å²) in [5.41, 5.74) is -0.236. The highest BCUT2D eigenvalue weighted by atomic mass is 15.1. The lowest BCUT2D eigenvalue weighted by atomic mass is 9.85. The van der Waals surface area contributed by atoms with Crippen LogP contribution in [0.4, 0.5) is 0 Å². The lowest BCUT2D eigenvalue weighted by Gasteiger charge is -2.31. The minimum atomic E-state index is -0.236. The molecule has 0 bridgehead atoms. The molecule has 0 aromatic carbocycles. The number of nitrogens with zero attached hydrogens (tertiary/aromatic N) is 2. The molecule has 0 aromatic heterocycles. The van der Waals surface area contributed by atoms with Crippen LogP contribution in [-0.4, -0.2) is 37.1 Å². The number of hydrogen-bond acceptors (Lipinski definition) is 3. The van der Waals surface area contributed by atoms with Gasteiger partial charge < -0.3 is 4.90 Å². The van der Waals surface area contributed by atoms with Crippen LogP contribution < -0.4 is 5.32 Å². The van der Waals surface area contributed by atoms with Crippen molar-refractivity contribution in [2.45, 2.75) is 70.8 Å². The van der Waals surface area contributed by atoms with Gasteiger partial charge in [-0.1, -0.05) is 33.1 Å². The Bertz CT molecular complexity index is 297. The summed E-state index contributed by atoms with van der Waals surface area (Å²) in [6.07, 6.45) is 9.63. The molecule has 1 N–H and O–H groups in total. The van der Waals surface area contributed by atoms with Crippen LogP contribution in [0.2, 0.25) is 0 Å². The van der Waals surface area contributed by atoms with Gasteiger partial charge in [-0.15, -0.1) is 0 Å². The molecule has 0 aromatic rings. The molecule has 1 saturated carbocycles. The van der Waals surface area contributed by atoms with Crippen LogP contribution in [0.3, 0.4) is 0 Å². The fraction of sp³-hybridized carbons (Fsp3) is 0.941. The number of hydrogen-bond donors (Lipinski definition) is 1. The number of unbranched alkanes of at least 4 members (excludes halogenated alkanes) is 2. The second-order valence-corrected chi connectivity index (χ2v) is 6.40. The van der Waals surface area contributed by atoms with E-state index in [0.29, 0.717) is 5.92 Å². The second kappa shape index (κ2) is 9.37. The molecule has 20 heavy (non-hydrogen) atoms. The van der Waals surface area contributed by atoms with Gasteiger partial charge in [0, 0.05) is 0 Å². The van der Waals surface area contributed by atoms with E-state index in [0.717, 1.165) is 32.4 Å². The first-order chi connectivity index (χ1) is 9.68. The Morgan fingerprint density at radius 3 is 2.70 bits per heavy atom. The normalized spacial score (nSPS) is 26.1. The average molecular weight is 279 g/mol. The zero-order valence-corrected chi connectivity index (χ0v) is 13.7. The van der Waals surface area contributed by atoms with Gasteiger partial charge in [-0.25, -0.2) is 0 Å². The van der Waals surface area contributed by atoms with Crippen molar-refractivity contribution < 1.29 is 0 Å². The minimum absolute atomic E-state index is 0.236. The summed E-state index contributed by atoms with van der Waals surface area (Å²) in [4.78, 5) is 2.44. The Morgan fingerprint density at radius 1 is 1.25 bits per heavy atom. The van der Waals surface area contributed by atoms with E-state index < -0.39 is 0 Å². The first-order valence-electron chi connectivity index (χ1n) is 8.53. The first kappa shape index (κ1) is 17.5. The lowest BCUT2D eigenvalue weighted by molar-refractivity contribution is 0.247. The van der Waals surface area contributed by atoms with Crippen molar-refractivity contribution in [2.24, 2.45) is 5.92 Å². The molecule has 1 aliphatic carbocycles. The van der Waals surface area contributed by atoms with Crippen molar-refractivity contribution in [3.05, 3.63) is 0 Å². The predicted molar refractivity (Wildman–Crippen MR) is 85.6 cm³/mol. The van der Waals surface area contributed by atoms with Crippen LogP contribution in [0.15, 0.2) is 0 Å². The van der Waals surface area contributed by atoms with Crippen molar-refractivity contribution in [1.82, 2.24) is 10.2 Å². The highest BCUT2D eigenvalue weighted by molar-refractivity contribution is 5.14. The van der Waals surface area contributed by atoms with Gasteiger partial charge in [-0.3, -0.25) is 5.32 Å². The Balaban J connectivity index is 2.39. The Labute approximate surface area is 125 Å². The quantitative estimate of drug-likeness (QED) is 0.621. The molecule has 1 fully saturated rings. The largest absolute Gasteiger partial charge is 0.306 e. The summed E-state index contributed by atoms with van der Waals surface area (Å²) in [6.45, 7) is 7.72. The number of nitrogens with one attached hydrogen (secondary N) is 1. The maximum atomic E-state index is 9.63. The molecule has 1 rings (SSSR count). The van der Waals surface area contributed by atoms with Gasteiger partial charge >= 0.3 is 0 Å².